The van der Waals surface area contributed by atoms with Gasteiger partial charge in [-0.25, -0.2) is 0 Å². The van der Waals surface area contributed by atoms with Gasteiger partial charge in [0, 0.05) is 50.5 Å². The number of aliphatic hydroxyl groups excluding tert-OH is 1. The van der Waals surface area contributed by atoms with E-state index in [2.05, 4.69) is 23.6 Å². The number of benzene rings is 1. The van der Waals surface area contributed by atoms with Crippen LogP contribution in [0.2, 0.25) is 0 Å². The molecule has 1 aromatic rings. The zero-order chi connectivity index (χ0) is 15.2. The average Bonchev–Trinajstić information content (AvgIpc) is 2.46. The van der Waals surface area contributed by atoms with Crippen molar-refractivity contribution in [2.75, 3.05) is 45.1 Å². The summed E-state index contributed by atoms with van der Waals surface area (Å²) in [6, 6.07) is 7.89. The van der Waals surface area contributed by atoms with Gasteiger partial charge in [-0.2, -0.15) is 0 Å². The van der Waals surface area contributed by atoms with Crippen LogP contribution in [0, 0.1) is 0 Å². The van der Waals surface area contributed by atoms with Crippen LogP contribution < -0.4 is 10.5 Å². The first kappa shape index (κ1) is 16.1. The van der Waals surface area contributed by atoms with Crippen LogP contribution in [0.15, 0.2) is 24.3 Å². The first-order valence-electron chi connectivity index (χ1n) is 7.67. The van der Waals surface area contributed by atoms with Crippen molar-refractivity contribution in [2.24, 2.45) is 0 Å². The first-order valence-corrected chi connectivity index (χ1v) is 7.67. The van der Waals surface area contributed by atoms with Crippen molar-refractivity contribution in [3.63, 3.8) is 0 Å². The molecule has 0 aromatic heterocycles. The van der Waals surface area contributed by atoms with Gasteiger partial charge in [0.25, 0.3) is 0 Å². The molecule has 1 saturated heterocycles. The summed E-state index contributed by atoms with van der Waals surface area (Å²) in [6.45, 7) is 9.57. The molecule has 0 radical (unpaired) electrons. The molecule has 0 saturated carbocycles. The number of β-amino-alcohol motifs (C(OH)–C–C–N with tert-alkyl or cyclic N) is 1. The van der Waals surface area contributed by atoms with Gasteiger partial charge in [-0.3, -0.25) is 9.80 Å². The fourth-order valence-corrected chi connectivity index (χ4v) is 2.61. The molecular weight excluding hydrogens is 266 g/mol. The summed E-state index contributed by atoms with van der Waals surface area (Å²) in [6.07, 6.45) is -0.475. The maximum Gasteiger partial charge on any atom is 0.121 e. The van der Waals surface area contributed by atoms with Crippen molar-refractivity contribution in [1.29, 1.82) is 0 Å². The van der Waals surface area contributed by atoms with E-state index in [4.69, 9.17) is 10.5 Å². The zero-order valence-electron chi connectivity index (χ0n) is 13.0. The predicted molar refractivity (Wildman–Crippen MR) is 85.5 cm³/mol. The molecule has 1 aromatic carbocycles. The van der Waals surface area contributed by atoms with Gasteiger partial charge >= 0.3 is 0 Å². The highest BCUT2D eigenvalue weighted by atomic mass is 16.5. The smallest absolute Gasteiger partial charge is 0.121 e. The van der Waals surface area contributed by atoms with Gasteiger partial charge in [0.2, 0.25) is 0 Å². The number of piperazine rings is 1. The number of hydrogen-bond acceptors (Lipinski definition) is 5. The molecule has 0 bridgehead atoms. The lowest BCUT2D eigenvalue weighted by Crippen LogP contribution is -2.51. The van der Waals surface area contributed by atoms with Gasteiger partial charge in [0.05, 0.1) is 0 Å². The van der Waals surface area contributed by atoms with Gasteiger partial charge < -0.3 is 15.6 Å². The van der Waals surface area contributed by atoms with E-state index in [-0.39, 0.29) is 0 Å². The molecule has 1 unspecified atom stereocenters. The van der Waals surface area contributed by atoms with Gasteiger partial charge in [-0.05, 0) is 26.0 Å². The molecule has 0 spiro atoms. The number of nitrogens with zero attached hydrogens (tertiary/aromatic N) is 2. The molecule has 0 amide bonds. The topological polar surface area (TPSA) is 62.0 Å². The molecule has 1 aliphatic heterocycles. The Bertz CT molecular complexity index is 431. The zero-order valence-corrected chi connectivity index (χ0v) is 13.0. The quantitative estimate of drug-likeness (QED) is 0.767. The molecule has 1 heterocycles. The third-order valence-corrected chi connectivity index (χ3v) is 3.91. The Morgan fingerprint density at radius 3 is 2.57 bits per heavy atom. The van der Waals surface area contributed by atoms with Gasteiger partial charge in [0.15, 0.2) is 0 Å². The highest BCUT2D eigenvalue weighted by molar-refractivity contribution is 5.43. The molecule has 1 atom stereocenters. The second-order valence-corrected chi connectivity index (χ2v) is 5.97. The van der Waals surface area contributed by atoms with Gasteiger partial charge in [0.1, 0.15) is 18.5 Å². The molecule has 2 rings (SSSR count). The third kappa shape index (κ3) is 5.19. The fourth-order valence-electron chi connectivity index (χ4n) is 2.61. The van der Waals surface area contributed by atoms with Crippen LogP contribution in [-0.2, 0) is 0 Å². The molecule has 0 aliphatic carbocycles. The predicted octanol–water partition coefficient (Wildman–Crippen LogP) is 1.03. The molecule has 5 heteroatoms. The fraction of sp³-hybridized carbons (Fsp3) is 0.625. The van der Waals surface area contributed by atoms with Crippen molar-refractivity contribution >= 4 is 5.69 Å². The second kappa shape index (κ2) is 7.64. The van der Waals surface area contributed by atoms with Crippen LogP contribution in [0.1, 0.15) is 13.8 Å². The monoisotopic (exact) mass is 293 g/mol. The number of ether oxygens (including phenoxy) is 1. The van der Waals surface area contributed by atoms with Crippen LogP contribution >= 0.6 is 0 Å². The number of nitrogens with two attached hydrogens (primary N) is 1. The summed E-state index contributed by atoms with van der Waals surface area (Å²) in [5.41, 5.74) is 6.37. The Kier molecular flexibility index (Phi) is 5.85. The van der Waals surface area contributed by atoms with E-state index in [0.29, 0.717) is 30.6 Å². The average molecular weight is 293 g/mol. The lowest BCUT2D eigenvalue weighted by atomic mass is 10.2. The van der Waals surface area contributed by atoms with Crippen molar-refractivity contribution in [1.82, 2.24) is 9.80 Å². The second-order valence-electron chi connectivity index (χ2n) is 5.97. The molecule has 21 heavy (non-hydrogen) atoms. The number of anilines is 1. The van der Waals surface area contributed by atoms with E-state index in [1.165, 1.54) is 0 Å². The first-order chi connectivity index (χ1) is 10.0. The van der Waals surface area contributed by atoms with E-state index < -0.39 is 6.10 Å². The van der Waals surface area contributed by atoms with E-state index in [9.17, 15) is 5.11 Å². The highest BCUT2D eigenvalue weighted by Gasteiger charge is 2.20. The molecular formula is C16H27N3O2. The largest absolute Gasteiger partial charge is 0.491 e. The van der Waals surface area contributed by atoms with Crippen molar-refractivity contribution in [3.8, 4) is 5.75 Å². The maximum atomic E-state index is 10.1. The highest BCUT2D eigenvalue weighted by Crippen LogP contribution is 2.14. The lowest BCUT2D eigenvalue weighted by molar-refractivity contribution is 0.0400. The van der Waals surface area contributed by atoms with Crippen molar-refractivity contribution in [3.05, 3.63) is 24.3 Å². The Morgan fingerprint density at radius 2 is 1.95 bits per heavy atom. The Hall–Kier alpha value is -1.30. The normalized spacial score (nSPS) is 18.9. The summed E-state index contributed by atoms with van der Waals surface area (Å²) >= 11 is 0. The van der Waals surface area contributed by atoms with E-state index in [0.717, 1.165) is 26.2 Å². The van der Waals surface area contributed by atoms with Crippen molar-refractivity contribution in [2.45, 2.75) is 26.0 Å². The standard InChI is InChI=1S/C16H27N3O2/c1-13(2)19-8-6-18(7-9-19)11-15(20)12-21-16-5-3-4-14(17)10-16/h3-5,10,13,15,20H,6-9,11-12,17H2,1-2H3. The Balaban J connectivity index is 1.69. The summed E-state index contributed by atoms with van der Waals surface area (Å²) in [5.74, 6) is 0.707. The molecule has 118 valence electrons. The lowest BCUT2D eigenvalue weighted by Gasteiger charge is -2.37. The van der Waals surface area contributed by atoms with Crippen LogP contribution in [0.25, 0.3) is 0 Å². The molecule has 5 nitrogen and oxygen atoms in total. The van der Waals surface area contributed by atoms with Gasteiger partial charge in [-0.1, -0.05) is 6.07 Å². The van der Waals surface area contributed by atoms with Crippen LogP contribution in [0.3, 0.4) is 0 Å². The third-order valence-electron chi connectivity index (χ3n) is 3.91. The Labute approximate surface area is 127 Å². The summed E-state index contributed by atoms with van der Waals surface area (Å²) in [4.78, 5) is 4.76. The number of hydrogen-bond donors (Lipinski definition) is 2. The molecule has 3 N–H and O–H groups in total. The number of nitrogen functional groups attached to an aromatic ring is 1. The summed E-state index contributed by atoms with van der Waals surface area (Å²) < 4.78 is 5.58. The SMILES string of the molecule is CC(C)N1CCN(CC(O)COc2cccc(N)c2)CC1. The summed E-state index contributed by atoms with van der Waals surface area (Å²) in [5, 5.41) is 10.1. The Morgan fingerprint density at radius 1 is 1.24 bits per heavy atom. The van der Waals surface area contributed by atoms with E-state index in [1.54, 1.807) is 6.07 Å². The van der Waals surface area contributed by atoms with Crippen LogP contribution in [-0.4, -0.2) is 66.4 Å². The minimum absolute atomic E-state index is 0.299. The van der Waals surface area contributed by atoms with Crippen molar-refractivity contribution < 1.29 is 9.84 Å². The number of aliphatic hydroxyl groups is 1. The van der Waals surface area contributed by atoms with E-state index >= 15 is 0 Å². The van der Waals surface area contributed by atoms with Crippen LogP contribution in [0.4, 0.5) is 5.69 Å². The van der Waals surface area contributed by atoms with Crippen LogP contribution in [0.5, 0.6) is 5.75 Å². The summed E-state index contributed by atoms with van der Waals surface area (Å²) in [7, 11) is 0. The minimum atomic E-state index is -0.475. The maximum absolute atomic E-state index is 10.1. The molecule has 1 fully saturated rings. The number of rotatable bonds is 6. The van der Waals surface area contributed by atoms with E-state index in [1.807, 2.05) is 18.2 Å². The van der Waals surface area contributed by atoms with Gasteiger partial charge in [-0.15, -0.1) is 0 Å². The molecule has 1 aliphatic rings. The minimum Gasteiger partial charge on any atom is -0.491 e.